The maximum absolute atomic E-state index is 12.2. The lowest BCUT2D eigenvalue weighted by atomic mass is 9.96. The molecule has 0 saturated heterocycles. The van der Waals surface area contributed by atoms with Crippen molar-refractivity contribution in [1.82, 2.24) is 0 Å². The van der Waals surface area contributed by atoms with Crippen LogP contribution in [0, 0.1) is 5.41 Å². The van der Waals surface area contributed by atoms with E-state index in [1.807, 2.05) is 30.3 Å². The summed E-state index contributed by atoms with van der Waals surface area (Å²) in [6, 6.07) is 16.3. The van der Waals surface area contributed by atoms with Gasteiger partial charge in [-0.2, -0.15) is 0 Å². The summed E-state index contributed by atoms with van der Waals surface area (Å²) in [7, 11) is 1.33. The van der Waals surface area contributed by atoms with Crippen LogP contribution in [0.2, 0.25) is 0 Å². The third-order valence-corrected chi connectivity index (χ3v) is 4.13. The molecule has 0 fully saturated rings. The third-order valence-electron chi connectivity index (χ3n) is 4.13. The number of methoxy groups -OCH3 is 1. The summed E-state index contributed by atoms with van der Waals surface area (Å²) in [4.78, 5) is 16.2. The van der Waals surface area contributed by atoms with Crippen LogP contribution in [0.15, 0.2) is 59.6 Å². The summed E-state index contributed by atoms with van der Waals surface area (Å²) >= 11 is 0. The lowest BCUT2D eigenvalue weighted by molar-refractivity contribution is 0.0601. The van der Waals surface area contributed by atoms with E-state index < -0.39 is 5.97 Å². The van der Waals surface area contributed by atoms with Crippen molar-refractivity contribution in [2.75, 3.05) is 7.11 Å². The minimum absolute atomic E-state index is 0.0129. The zero-order valence-electron chi connectivity index (χ0n) is 14.7. The van der Waals surface area contributed by atoms with E-state index in [1.165, 1.54) is 7.11 Å². The quantitative estimate of drug-likeness (QED) is 0.321. The second kappa shape index (κ2) is 7.17. The number of rotatable bonds is 4. The lowest BCUT2D eigenvalue weighted by Gasteiger charge is -2.11. The third kappa shape index (κ3) is 3.72. The molecule has 0 unspecified atom stereocenters. The maximum Gasteiger partial charge on any atom is 0.338 e. The molecule has 7 nitrogen and oxygen atoms in total. The van der Waals surface area contributed by atoms with Crippen LogP contribution in [0.5, 0.6) is 0 Å². The number of aliphatic imine (C=N–C) groups is 1. The van der Waals surface area contributed by atoms with E-state index in [2.05, 4.69) is 4.99 Å². The van der Waals surface area contributed by atoms with E-state index in [4.69, 9.17) is 27.3 Å². The number of fused-ring (bicyclic) bond motifs is 1. The zero-order valence-corrected chi connectivity index (χ0v) is 14.7. The van der Waals surface area contributed by atoms with Crippen LogP contribution in [0.3, 0.4) is 0 Å². The Bertz CT molecular complexity index is 1080. The highest BCUT2D eigenvalue weighted by Crippen LogP contribution is 2.31. The number of nitrogens with one attached hydrogen (secondary N) is 1. The average molecular weight is 361 g/mol. The number of carbonyl (C=O) groups excluding carboxylic acids is 1. The smallest absolute Gasteiger partial charge is 0.338 e. The van der Waals surface area contributed by atoms with E-state index >= 15 is 0 Å². The van der Waals surface area contributed by atoms with Gasteiger partial charge in [0.1, 0.15) is 5.84 Å². The predicted molar refractivity (Wildman–Crippen MR) is 107 cm³/mol. The van der Waals surface area contributed by atoms with Gasteiger partial charge in [0.05, 0.1) is 18.4 Å². The minimum atomic E-state index is -0.451. The summed E-state index contributed by atoms with van der Waals surface area (Å²) in [5, 5.41) is 9.44. The Balaban J connectivity index is 2.18. The Hall–Kier alpha value is -3.87. The van der Waals surface area contributed by atoms with Gasteiger partial charge in [-0.15, -0.1) is 0 Å². The molecule has 7 heteroatoms. The number of guanidine groups is 1. The fraction of sp³-hybridized carbons (Fsp3) is 0.0500. The van der Waals surface area contributed by atoms with Gasteiger partial charge in [0, 0.05) is 5.56 Å². The van der Waals surface area contributed by atoms with Crippen LogP contribution >= 0.6 is 0 Å². The molecule has 0 aliphatic rings. The number of carbonyl (C=O) groups is 1. The monoisotopic (exact) mass is 361 g/mol. The van der Waals surface area contributed by atoms with Crippen LogP contribution in [-0.4, -0.2) is 24.9 Å². The molecule has 0 aliphatic heterocycles. The fourth-order valence-electron chi connectivity index (χ4n) is 2.86. The van der Waals surface area contributed by atoms with Crippen molar-refractivity contribution < 1.29 is 9.53 Å². The Morgan fingerprint density at radius 3 is 2.33 bits per heavy atom. The Morgan fingerprint density at radius 2 is 1.67 bits per heavy atom. The molecule has 3 rings (SSSR count). The van der Waals surface area contributed by atoms with E-state index in [9.17, 15) is 4.79 Å². The predicted octanol–water partition coefficient (Wildman–Crippen LogP) is 2.48. The van der Waals surface area contributed by atoms with Gasteiger partial charge < -0.3 is 21.9 Å². The first-order chi connectivity index (χ1) is 12.9. The van der Waals surface area contributed by atoms with Crippen molar-refractivity contribution in [2.24, 2.45) is 22.2 Å². The summed E-state index contributed by atoms with van der Waals surface area (Å²) in [5.74, 6) is -0.505. The molecule has 0 aliphatic carbocycles. The molecule has 136 valence electrons. The van der Waals surface area contributed by atoms with Crippen molar-refractivity contribution in [3.8, 4) is 11.1 Å². The van der Waals surface area contributed by atoms with E-state index in [0.29, 0.717) is 22.4 Å². The van der Waals surface area contributed by atoms with Gasteiger partial charge in [-0.05, 0) is 52.2 Å². The van der Waals surface area contributed by atoms with Crippen LogP contribution in [0.4, 0.5) is 5.69 Å². The topological polar surface area (TPSA) is 141 Å². The van der Waals surface area contributed by atoms with Crippen molar-refractivity contribution in [1.29, 1.82) is 5.41 Å². The number of nitrogens with zero attached hydrogens (tertiary/aromatic N) is 1. The van der Waals surface area contributed by atoms with Crippen molar-refractivity contribution in [3.05, 3.63) is 65.7 Å². The summed E-state index contributed by atoms with van der Waals surface area (Å²) in [5.41, 5.74) is 19.5. The van der Waals surface area contributed by atoms with Crippen LogP contribution in [0.25, 0.3) is 21.9 Å². The van der Waals surface area contributed by atoms with Gasteiger partial charge in [0.25, 0.3) is 0 Å². The number of hydrogen-bond donors (Lipinski definition) is 4. The number of benzene rings is 3. The number of nitrogens with two attached hydrogens (primary N) is 3. The molecule has 0 saturated carbocycles. The van der Waals surface area contributed by atoms with Gasteiger partial charge in [-0.1, -0.05) is 24.3 Å². The van der Waals surface area contributed by atoms with Gasteiger partial charge in [-0.3, -0.25) is 5.41 Å². The summed E-state index contributed by atoms with van der Waals surface area (Å²) in [6.07, 6.45) is 0. The van der Waals surface area contributed by atoms with Gasteiger partial charge >= 0.3 is 5.97 Å². The molecule has 7 N–H and O–H groups in total. The molecule has 0 amide bonds. The number of hydrogen-bond acceptors (Lipinski definition) is 4. The highest BCUT2D eigenvalue weighted by atomic mass is 16.5. The first kappa shape index (κ1) is 17.9. The Kier molecular flexibility index (Phi) is 4.76. The summed E-state index contributed by atoms with van der Waals surface area (Å²) < 4.78 is 4.89. The normalized spacial score (nSPS) is 10.4. The standard InChI is InChI=1S/C20H19N5O2/c1-27-19(26)16-7-6-15(25-20(23)24)10-17(16)13-4-2-12-9-14(18(21)22)5-3-11(12)8-13/h2-10H,1H3,(H3,21,22)(H4,23,24,25). The number of esters is 1. The van der Waals surface area contributed by atoms with Crippen molar-refractivity contribution in [3.63, 3.8) is 0 Å². The summed E-state index contributed by atoms with van der Waals surface area (Å²) in [6.45, 7) is 0. The second-order valence-electron chi connectivity index (χ2n) is 5.95. The van der Waals surface area contributed by atoms with Crippen LogP contribution in [-0.2, 0) is 4.74 Å². The number of amidine groups is 1. The highest BCUT2D eigenvalue weighted by molar-refractivity contribution is 6.02. The van der Waals surface area contributed by atoms with E-state index in [1.54, 1.807) is 24.3 Å². The fourth-order valence-corrected chi connectivity index (χ4v) is 2.86. The molecule has 0 aromatic heterocycles. The number of nitrogen functional groups attached to an aromatic ring is 1. The first-order valence-corrected chi connectivity index (χ1v) is 8.09. The zero-order chi connectivity index (χ0) is 19.6. The molecule has 3 aromatic carbocycles. The molecule has 3 aromatic rings. The molecule has 0 radical (unpaired) electrons. The SMILES string of the molecule is COC(=O)c1ccc(N=C(N)N)cc1-c1ccc2cc(C(=N)N)ccc2c1. The molecule has 0 atom stereocenters. The molecule has 0 bridgehead atoms. The highest BCUT2D eigenvalue weighted by Gasteiger charge is 2.15. The Morgan fingerprint density at radius 1 is 0.963 bits per heavy atom. The van der Waals surface area contributed by atoms with Gasteiger partial charge in [0.2, 0.25) is 0 Å². The second-order valence-corrected chi connectivity index (χ2v) is 5.95. The average Bonchev–Trinajstić information content (AvgIpc) is 2.66. The van der Waals surface area contributed by atoms with Crippen LogP contribution < -0.4 is 17.2 Å². The number of ether oxygens (including phenoxy) is 1. The van der Waals surface area contributed by atoms with Crippen molar-refractivity contribution in [2.45, 2.75) is 0 Å². The lowest BCUT2D eigenvalue weighted by Crippen LogP contribution is -2.21. The van der Waals surface area contributed by atoms with E-state index in [-0.39, 0.29) is 11.8 Å². The molecular formula is C20H19N5O2. The molecule has 27 heavy (non-hydrogen) atoms. The van der Waals surface area contributed by atoms with Gasteiger partial charge in [-0.25, -0.2) is 9.79 Å². The van der Waals surface area contributed by atoms with Gasteiger partial charge in [0.15, 0.2) is 5.96 Å². The first-order valence-electron chi connectivity index (χ1n) is 8.09. The molecule has 0 spiro atoms. The van der Waals surface area contributed by atoms with Crippen LogP contribution in [0.1, 0.15) is 15.9 Å². The largest absolute Gasteiger partial charge is 0.465 e. The minimum Gasteiger partial charge on any atom is -0.465 e. The maximum atomic E-state index is 12.2. The van der Waals surface area contributed by atoms with Crippen molar-refractivity contribution >= 4 is 34.2 Å². The molecular weight excluding hydrogens is 342 g/mol. The van der Waals surface area contributed by atoms with E-state index in [0.717, 1.165) is 16.3 Å². The Labute approximate surface area is 156 Å². The molecule has 0 heterocycles.